The van der Waals surface area contributed by atoms with Crippen molar-refractivity contribution in [3.05, 3.63) is 71.7 Å². The van der Waals surface area contributed by atoms with E-state index >= 15 is 0 Å². The summed E-state index contributed by atoms with van der Waals surface area (Å²) in [6.07, 6.45) is -2.69. The van der Waals surface area contributed by atoms with Gasteiger partial charge >= 0.3 is 6.18 Å². The minimum absolute atomic E-state index is 0.332. The summed E-state index contributed by atoms with van der Waals surface area (Å²) in [7, 11) is 1.80. The molecule has 1 amide bonds. The quantitative estimate of drug-likeness (QED) is 0.399. The number of carbonyl (C=O) groups excluding carboxylic acids is 1. The van der Waals surface area contributed by atoms with Crippen LogP contribution in [0.5, 0.6) is 0 Å². The molecule has 1 fully saturated rings. The van der Waals surface area contributed by atoms with Crippen LogP contribution in [0.1, 0.15) is 22.3 Å². The van der Waals surface area contributed by atoms with Gasteiger partial charge in [0.15, 0.2) is 11.6 Å². The zero-order valence-corrected chi connectivity index (χ0v) is 19.1. The molecule has 2 aromatic heterocycles. The van der Waals surface area contributed by atoms with Crippen molar-refractivity contribution in [2.75, 3.05) is 23.3 Å². The Kier molecular flexibility index (Phi) is 5.94. The smallest absolute Gasteiger partial charge is 0.352 e. The molecule has 1 aliphatic rings. The number of fused-ring (bicyclic) bond motifs is 1. The monoisotopic (exact) mass is 499 g/mol. The van der Waals surface area contributed by atoms with Gasteiger partial charge in [0.05, 0.1) is 17.3 Å². The first-order valence-electron chi connectivity index (χ1n) is 11.1. The van der Waals surface area contributed by atoms with Gasteiger partial charge in [-0.3, -0.25) is 9.48 Å². The highest BCUT2D eigenvalue weighted by molar-refractivity contribution is 5.99. The molecule has 186 valence electrons. The Morgan fingerprint density at radius 2 is 1.86 bits per heavy atom. The van der Waals surface area contributed by atoms with Crippen molar-refractivity contribution in [1.82, 2.24) is 25.3 Å². The number of aryl methyl sites for hydroxylation is 1. The van der Waals surface area contributed by atoms with E-state index in [0.717, 1.165) is 28.7 Å². The lowest BCUT2D eigenvalue weighted by atomic mass is 10.1. The molecule has 1 atom stereocenters. The fourth-order valence-corrected chi connectivity index (χ4v) is 4.32. The van der Waals surface area contributed by atoms with Gasteiger partial charge < -0.3 is 15.5 Å². The van der Waals surface area contributed by atoms with Crippen LogP contribution in [0.25, 0.3) is 10.8 Å². The maximum atomic E-state index is 13.4. The maximum Gasteiger partial charge on any atom is 0.417 e. The summed E-state index contributed by atoms with van der Waals surface area (Å²) < 4.78 is 55.1. The summed E-state index contributed by atoms with van der Waals surface area (Å²) in [5.41, 5.74) is -1.92. The van der Waals surface area contributed by atoms with Gasteiger partial charge in [0.2, 0.25) is 0 Å². The fourth-order valence-electron chi connectivity index (χ4n) is 4.32. The molecule has 0 bridgehead atoms. The van der Waals surface area contributed by atoms with Gasteiger partial charge in [-0.1, -0.05) is 24.3 Å². The van der Waals surface area contributed by atoms with E-state index in [1.165, 1.54) is 0 Å². The van der Waals surface area contributed by atoms with Crippen molar-refractivity contribution in [3.63, 3.8) is 0 Å². The van der Waals surface area contributed by atoms with E-state index in [1.807, 2.05) is 35.2 Å². The lowest BCUT2D eigenvalue weighted by Crippen LogP contribution is -2.38. The molecule has 5 rings (SSSR count). The highest BCUT2D eigenvalue weighted by atomic mass is 19.4. The van der Waals surface area contributed by atoms with Crippen LogP contribution in [0.4, 0.5) is 35.0 Å². The number of hydrogen-bond donors (Lipinski definition) is 2. The molecule has 12 heteroatoms. The predicted octanol–water partition coefficient (Wildman–Crippen LogP) is 4.27. The van der Waals surface area contributed by atoms with Crippen LogP contribution in [-0.4, -0.2) is 45.0 Å². The third-order valence-electron chi connectivity index (χ3n) is 6.09. The highest BCUT2D eigenvalue weighted by Gasteiger charge is 2.36. The van der Waals surface area contributed by atoms with Gasteiger partial charge in [-0.25, -0.2) is 4.39 Å². The van der Waals surface area contributed by atoms with E-state index in [1.54, 1.807) is 17.9 Å². The van der Waals surface area contributed by atoms with Gasteiger partial charge in [-0.15, -0.1) is 10.2 Å². The van der Waals surface area contributed by atoms with Crippen LogP contribution in [0, 0.1) is 5.82 Å². The number of benzene rings is 2. The Labute approximate surface area is 202 Å². The topological polar surface area (TPSA) is 88.0 Å². The normalized spacial score (nSPS) is 15.9. The van der Waals surface area contributed by atoms with Crippen molar-refractivity contribution in [2.24, 2.45) is 7.05 Å². The number of carbonyl (C=O) groups is 1. The third kappa shape index (κ3) is 4.53. The molecule has 1 aliphatic heterocycles. The van der Waals surface area contributed by atoms with Crippen LogP contribution in [-0.2, 0) is 13.2 Å². The summed E-state index contributed by atoms with van der Waals surface area (Å²) in [6.45, 7) is 0.856. The minimum atomic E-state index is -4.85. The number of aromatic nitrogens is 4. The van der Waals surface area contributed by atoms with Crippen molar-refractivity contribution >= 4 is 34.1 Å². The molecule has 8 nitrogen and oxygen atoms in total. The Morgan fingerprint density at radius 3 is 2.58 bits per heavy atom. The standard InChI is InChI=1S/C24H21F4N7O/c1-34-20(8-10-29-34)31-21-16-4-2-3-5-17(16)22(33-32-21)35-11-9-15(13-35)30-23(36)18-7-6-14(25)12-19(18)24(26,27)28/h2-8,10,12,15H,9,11,13H2,1H3,(H,30,36)(H,31,32). The average molecular weight is 499 g/mol. The number of alkyl halides is 3. The second-order valence-corrected chi connectivity index (χ2v) is 8.48. The second kappa shape index (κ2) is 9.10. The number of amides is 1. The summed E-state index contributed by atoms with van der Waals surface area (Å²) in [6, 6.07) is 11.0. The van der Waals surface area contributed by atoms with Gasteiger partial charge in [0.25, 0.3) is 5.91 Å². The van der Waals surface area contributed by atoms with Gasteiger partial charge in [0.1, 0.15) is 11.6 Å². The fraction of sp³-hybridized carbons (Fsp3) is 0.250. The lowest BCUT2D eigenvalue weighted by molar-refractivity contribution is -0.138. The first-order chi connectivity index (χ1) is 17.2. The molecule has 36 heavy (non-hydrogen) atoms. The maximum absolute atomic E-state index is 13.4. The molecule has 2 aromatic carbocycles. The Hall–Kier alpha value is -4.22. The zero-order chi connectivity index (χ0) is 25.4. The molecule has 0 radical (unpaired) electrons. The summed E-state index contributed by atoms with van der Waals surface area (Å²) in [4.78, 5) is 14.6. The third-order valence-corrected chi connectivity index (χ3v) is 6.09. The summed E-state index contributed by atoms with van der Waals surface area (Å²) in [5.74, 6) is -0.0580. The van der Waals surface area contributed by atoms with Crippen molar-refractivity contribution in [1.29, 1.82) is 0 Å². The molecular formula is C24H21F4N7O. The van der Waals surface area contributed by atoms with E-state index in [2.05, 4.69) is 25.9 Å². The van der Waals surface area contributed by atoms with Crippen LogP contribution in [0.2, 0.25) is 0 Å². The number of halogens is 4. The van der Waals surface area contributed by atoms with Crippen molar-refractivity contribution < 1.29 is 22.4 Å². The molecular weight excluding hydrogens is 478 g/mol. The Bertz CT molecular complexity index is 1440. The van der Waals surface area contributed by atoms with Crippen LogP contribution >= 0.6 is 0 Å². The summed E-state index contributed by atoms with van der Waals surface area (Å²) >= 11 is 0. The van der Waals surface area contributed by atoms with Gasteiger partial charge in [-0.05, 0) is 24.6 Å². The van der Waals surface area contributed by atoms with Gasteiger partial charge in [0, 0.05) is 43.0 Å². The van der Waals surface area contributed by atoms with E-state index < -0.39 is 35.1 Å². The Balaban J connectivity index is 1.35. The number of rotatable bonds is 5. The molecule has 3 heterocycles. The molecule has 0 aliphatic carbocycles. The number of hydrogen-bond acceptors (Lipinski definition) is 6. The van der Waals surface area contributed by atoms with E-state index in [-0.39, 0.29) is 0 Å². The summed E-state index contributed by atoms with van der Waals surface area (Å²) in [5, 5.41) is 20.4. The number of nitrogens with zero attached hydrogens (tertiary/aromatic N) is 5. The van der Waals surface area contributed by atoms with Crippen molar-refractivity contribution in [3.8, 4) is 0 Å². The Morgan fingerprint density at radius 1 is 1.08 bits per heavy atom. The molecule has 1 unspecified atom stereocenters. The first kappa shape index (κ1) is 23.5. The van der Waals surface area contributed by atoms with Gasteiger partial charge in [-0.2, -0.15) is 18.3 Å². The predicted molar refractivity (Wildman–Crippen MR) is 126 cm³/mol. The molecule has 0 saturated carbocycles. The van der Waals surface area contributed by atoms with Crippen LogP contribution in [0.15, 0.2) is 54.7 Å². The number of nitrogens with one attached hydrogen (secondary N) is 2. The largest absolute Gasteiger partial charge is 0.417 e. The molecule has 0 spiro atoms. The van der Waals surface area contributed by atoms with E-state index in [9.17, 15) is 22.4 Å². The van der Waals surface area contributed by atoms with E-state index in [0.29, 0.717) is 37.2 Å². The van der Waals surface area contributed by atoms with Crippen molar-refractivity contribution in [2.45, 2.75) is 18.6 Å². The SMILES string of the molecule is Cn1nccc1Nc1nnc(N2CCC(NC(=O)c3ccc(F)cc3C(F)(F)F)C2)c2ccccc12. The zero-order valence-electron chi connectivity index (χ0n) is 19.1. The van der Waals surface area contributed by atoms with E-state index in [4.69, 9.17) is 0 Å². The molecule has 2 N–H and O–H groups in total. The minimum Gasteiger partial charge on any atom is -0.352 e. The van der Waals surface area contributed by atoms with Crippen LogP contribution < -0.4 is 15.5 Å². The lowest BCUT2D eigenvalue weighted by Gasteiger charge is -2.20. The highest BCUT2D eigenvalue weighted by Crippen LogP contribution is 2.34. The average Bonchev–Trinajstić information content (AvgIpc) is 3.47. The second-order valence-electron chi connectivity index (χ2n) is 8.48. The van der Waals surface area contributed by atoms with Crippen LogP contribution in [0.3, 0.4) is 0 Å². The first-order valence-corrected chi connectivity index (χ1v) is 11.1. The molecule has 4 aromatic rings. The number of anilines is 3. The molecule has 1 saturated heterocycles.